The van der Waals surface area contributed by atoms with E-state index in [4.69, 9.17) is 4.74 Å². The van der Waals surface area contributed by atoms with Crippen LogP contribution in [0.15, 0.2) is 54.6 Å². The maximum Gasteiger partial charge on any atom is 0.256 e. The van der Waals surface area contributed by atoms with Crippen molar-refractivity contribution in [2.24, 2.45) is 0 Å². The highest BCUT2D eigenvalue weighted by Crippen LogP contribution is 2.16. The fourth-order valence-electron chi connectivity index (χ4n) is 3.22. The third-order valence-corrected chi connectivity index (χ3v) is 4.94. The lowest BCUT2D eigenvalue weighted by atomic mass is 10.0. The SMILES string of the molecule is CC(OCc1ccccc1)C(=O)NC1CCN(C(=O)c2ccccc2F)CC1. The summed E-state index contributed by atoms with van der Waals surface area (Å²) >= 11 is 0. The normalized spacial score (nSPS) is 15.9. The molecular formula is C22H25FN2O3. The predicted molar refractivity (Wildman–Crippen MR) is 104 cm³/mol. The van der Waals surface area contributed by atoms with Crippen LogP contribution in [-0.2, 0) is 16.1 Å². The maximum absolute atomic E-state index is 13.8. The van der Waals surface area contributed by atoms with E-state index in [-0.39, 0.29) is 23.4 Å². The molecule has 1 saturated heterocycles. The van der Waals surface area contributed by atoms with Crippen LogP contribution in [0.3, 0.4) is 0 Å². The zero-order chi connectivity index (χ0) is 19.9. The standard InChI is InChI=1S/C22H25FN2O3/c1-16(28-15-17-7-3-2-4-8-17)21(26)24-18-11-13-25(14-12-18)22(27)19-9-5-6-10-20(19)23/h2-10,16,18H,11-15H2,1H3,(H,24,26). The number of nitrogens with one attached hydrogen (secondary N) is 1. The second-order valence-corrected chi connectivity index (χ2v) is 6.99. The lowest BCUT2D eigenvalue weighted by Crippen LogP contribution is -2.48. The lowest BCUT2D eigenvalue weighted by Gasteiger charge is -2.33. The average Bonchev–Trinajstić information content (AvgIpc) is 2.73. The Morgan fingerprint density at radius 1 is 1.11 bits per heavy atom. The van der Waals surface area contributed by atoms with Crippen molar-refractivity contribution in [1.82, 2.24) is 10.2 Å². The van der Waals surface area contributed by atoms with Gasteiger partial charge >= 0.3 is 0 Å². The number of amides is 2. The van der Waals surface area contributed by atoms with Gasteiger partial charge in [-0.3, -0.25) is 9.59 Å². The van der Waals surface area contributed by atoms with Crippen LogP contribution in [0, 0.1) is 5.82 Å². The van der Waals surface area contributed by atoms with Crippen molar-refractivity contribution in [1.29, 1.82) is 0 Å². The molecular weight excluding hydrogens is 359 g/mol. The Morgan fingerprint density at radius 3 is 2.43 bits per heavy atom. The summed E-state index contributed by atoms with van der Waals surface area (Å²) in [4.78, 5) is 26.4. The molecule has 0 radical (unpaired) electrons. The number of carbonyl (C=O) groups excluding carboxylic acids is 2. The second kappa shape index (κ2) is 9.46. The van der Waals surface area contributed by atoms with Crippen LogP contribution < -0.4 is 5.32 Å². The van der Waals surface area contributed by atoms with Crippen LogP contribution in [-0.4, -0.2) is 41.9 Å². The summed E-state index contributed by atoms with van der Waals surface area (Å²) in [6, 6.07) is 15.7. The molecule has 5 nitrogen and oxygen atoms in total. The number of ether oxygens (including phenoxy) is 1. The Morgan fingerprint density at radius 2 is 1.75 bits per heavy atom. The van der Waals surface area contributed by atoms with Crippen LogP contribution in [0.2, 0.25) is 0 Å². The fraction of sp³-hybridized carbons (Fsp3) is 0.364. The molecule has 2 aromatic rings. The number of nitrogens with zero attached hydrogens (tertiary/aromatic N) is 1. The molecule has 1 aliphatic heterocycles. The van der Waals surface area contributed by atoms with E-state index in [1.807, 2.05) is 30.3 Å². The number of hydrogen-bond acceptors (Lipinski definition) is 3. The van der Waals surface area contributed by atoms with Crippen molar-refractivity contribution in [3.05, 3.63) is 71.5 Å². The smallest absolute Gasteiger partial charge is 0.256 e. The summed E-state index contributed by atoms with van der Waals surface area (Å²) in [5.41, 5.74) is 1.11. The Bertz CT molecular complexity index is 804. The van der Waals surface area contributed by atoms with Crippen molar-refractivity contribution >= 4 is 11.8 Å². The van der Waals surface area contributed by atoms with E-state index in [9.17, 15) is 14.0 Å². The van der Waals surface area contributed by atoms with Gasteiger partial charge in [-0.2, -0.15) is 0 Å². The van der Waals surface area contributed by atoms with Crippen molar-refractivity contribution in [2.45, 2.75) is 38.5 Å². The number of carbonyl (C=O) groups is 2. The van der Waals surface area contributed by atoms with E-state index in [0.29, 0.717) is 32.5 Å². The van der Waals surface area contributed by atoms with Gasteiger partial charge < -0.3 is 15.0 Å². The van der Waals surface area contributed by atoms with Crippen LogP contribution >= 0.6 is 0 Å². The molecule has 1 aliphatic rings. The highest BCUT2D eigenvalue weighted by atomic mass is 19.1. The van der Waals surface area contributed by atoms with Gasteiger partial charge in [0.25, 0.3) is 5.91 Å². The molecule has 2 amide bonds. The molecule has 0 saturated carbocycles. The van der Waals surface area contributed by atoms with E-state index in [1.165, 1.54) is 12.1 Å². The van der Waals surface area contributed by atoms with Crippen molar-refractivity contribution in [3.63, 3.8) is 0 Å². The Hall–Kier alpha value is -2.73. The minimum atomic E-state index is -0.557. The largest absolute Gasteiger partial charge is 0.364 e. The highest BCUT2D eigenvalue weighted by Gasteiger charge is 2.27. The van der Waals surface area contributed by atoms with E-state index < -0.39 is 11.9 Å². The zero-order valence-corrected chi connectivity index (χ0v) is 15.9. The Balaban J connectivity index is 1.44. The summed E-state index contributed by atoms with van der Waals surface area (Å²) in [6.07, 6.45) is 0.715. The number of likely N-dealkylation sites (tertiary alicyclic amines) is 1. The third-order valence-electron chi connectivity index (χ3n) is 4.94. The molecule has 0 bridgehead atoms. The van der Waals surface area contributed by atoms with E-state index in [0.717, 1.165) is 5.56 Å². The van der Waals surface area contributed by atoms with Crippen LogP contribution in [0.4, 0.5) is 4.39 Å². The number of piperidine rings is 1. The van der Waals surface area contributed by atoms with Gasteiger partial charge in [0.2, 0.25) is 5.91 Å². The Kier molecular flexibility index (Phi) is 6.76. The third kappa shape index (κ3) is 5.16. The van der Waals surface area contributed by atoms with Gasteiger partial charge in [-0.1, -0.05) is 42.5 Å². The summed E-state index contributed by atoms with van der Waals surface area (Å²) in [5.74, 6) is -0.968. The molecule has 148 valence electrons. The zero-order valence-electron chi connectivity index (χ0n) is 15.9. The molecule has 3 rings (SSSR count). The van der Waals surface area contributed by atoms with Gasteiger partial charge in [0, 0.05) is 19.1 Å². The van der Waals surface area contributed by atoms with Gasteiger partial charge in [0.1, 0.15) is 11.9 Å². The van der Waals surface area contributed by atoms with E-state index >= 15 is 0 Å². The van der Waals surface area contributed by atoms with Crippen LogP contribution in [0.1, 0.15) is 35.7 Å². The fourth-order valence-corrected chi connectivity index (χ4v) is 3.22. The minimum Gasteiger partial charge on any atom is -0.364 e. The number of hydrogen-bond donors (Lipinski definition) is 1. The highest BCUT2D eigenvalue weighted by molar-refractivity contribution is 5.94. The minimum absolute atomic E-state index is 0.0139. The van der Waals surface area contributed by atoms with Crippen LogP contribution in [0.25, 0.3) is 0 Å². The predicted octanol–water partition coefficient (Wildman–Crippen LogP) is 3.15. The maximum atomic E-state index is 13.8. The first-order valence-corrected chi connectivity index (χ1v) is 9.54. The molecule has 28 heavy (non-hydrogen) atoms. The lowest BCUT2D eigenvalue weighted by molar-refractivity contribution is -0.133. The molecule has 1 heterocycles. The first-order valence-electron chi connectivity index (χ1n) is 9.54. The summed E-state index contributed by atoms with van der Waals surface area (Å²) < 4.78 is 19.5. The average molecular weight is 384 g/mol. The molecule has 1 fully saturated rings. The van der Waals surface area contributed by atoms with Gasteiger partial charge in [-0.25, -0.2) is 4.39 Å². The molecule has 2 aromatic carbocycles. The summed E-state index contributed by atoms with van der Waals surface area (Å²) in [7, 11) is 0. The van der Waals surface area contributed by atoms with Crippen molar-refractivity contribution in [2.75, 3.05) is 13.1 Å². The first-order chi connectivity index (χ1) is 13.5. The second-order valence-electron chi connectivity index (χ2n) is 6.99. The van der Waals surface area contributed by atoms with Crippen molar-refractivity contribution < 1.29 is 18.7 Å². The van der Waals surface area contributed by atoms with Gasteiger partial charge in [-0.05, 0) is 37.5 Å². The van der Waals surface area contributed by atoms with E-state index in [2.05, 4.69) is 5.32 Å². The van der Waals surface area contributed by atoms with Crippen molar-refractivity contribution in [3.8, 4) is 0 Å². The molecule has 0 spiro atoms. The molecule has 1 N–H and O–H groups in total. The summed E-state index contributed by atoms with van der Waals surface area (Å²) in [6.45, 7) is 3.08. The van der Waals surface area contributed by atoms with Gasteiger partial charge in [0.15, 0.2) is 0 Å². The van der Waals surface area contributed by atoms with E-state index in [1.54, 1.807) is 24.0 Å². The topological polar surface area (TPSA) is 58.6 Å². The van der Waals surface area contributed by atoms with Gasteiger partial charge in [0.05, 0.1) is 12.2 Å². The first kappa shape index (κ1) is 20.0. The molecule has 1 unspecified atom stereocenters. The molecule has 1 atom stereocenters. The summed E-state index contributed by atoms with van der Waals surface area (Å²) in [5, 5.41) is 2.99. The number of halogens is 1. The number of rotatable bonds is 6. The monoisotopic (exact) mass is 384 g/mol. The Labute approximate surface area is 164 Å². The molecule has 0 aliphatic carbocycles. The molecule has 6 heteroatoms. The van der Waals surface area contributed by atoms with Crippen LogP contribution in [0.5, 0.6) is 0 Å². The number of benzene rings is 2. The van der Waals surface area contributed by atoms with Gasteiger partial charge in [-0.15, -0.1) is 0 Å². The quantitative estimate of drug-likeness (QED) is 0.832. The molecule has 0 aromatic heterocycles.